The highest BCUT2D eigenvalue weighted by Crippen LogP contribution is 2.18. The standard InChI is InChI=1S/C14H19NO3/c1-10(13-4-3-9-15-13)18-12-7-5-11(6-8-12)14(16)17-2/h5-8,10,13,15H,3-4,9H2,1-2H3. The van der Waals surface area contributed by atoms with E-state index in [4.69, 9.17) is 4.74 Å². The second-order valence-electron chi connectivity index (χ2n) is 4.54. The normalized spacial score (nSPS) is 20.4. The van der Waals surface area contributed by atoms with Gasteiger partial charge < -0.3 is 14.8 Å². The average Bonchev–Trinajstić information content (AvgIpc) is 2.92. The maximum atomic E-state index is 11.3. The van der Waals surface area contributed by atoms with Crippen LogP contribution in [0.15, 0.2) is 24.3 Å². The van der Waals surface area contributed by atoms with Gasteiger partial charge in [-0.25, -0.2) is 4.79 Å². The highest BCUT2D eigenvalue weighted by atomic mass is 16.5. The van der Waals surface area contributed by atoms with Gasteiger partial charge in [0.25, 0.3) is 0 Å². The number of carbonyl (C=O) groups excluding carboxylic acids is 1. The molecule has 4 heteroatoms. The third-order valence-corrected chi connectivity index (χ3v) is 3.26. The van der Waals surface area contributed by atoms with Gasteiger partial charge in [0.2, 0.25) is 0 Å². The van der Waals surface area contributed by atoms with Crippen molar-refractivity contribution in [3.63, 3.8) is 0 Å². The lowest BCUT2D eigenvalue weighted by Crippen LogP contribution is -2.36. The first-order valence-corrected chi connectivity index (χ1v) is 6.29. The van der Waals surface area contributed by atoms with E-state index in [1.807, 2.05) is 0 Å². The van der Waals surface area contributed by atoms with E-state index in [1.165, 1.54) is 13.5 Å². The zero-order valence-electron chi connectivity index (χ0n) is 10.8. The molecule has 4 nitrogen and oxygen atoms in total. The summed E-state index contributed by atoms with van der Waals surface area (Å²) in [6.45, 7) is 3.14. The van der Waals surface area contributed by atoms with Crippen LogP contribution in [-0.4, -0.2) is 31.8 Å². The Bertz CT molecular complexity index is 396. The summed E-state index contributed by atoms with van der Waals surface area (Å²) in [4.78, 5) is 11.3. The van der Waals surface area contributed by atoms with E-state index in [0.717, 1.165) is 18.7 Å². The fourth-order valence-corrected chi connectivity index (χ4v) is 2.20. The molecule has 0 aromatic heterocycles. The van der Waals surface area contributed by atoms with Crippen molar-refractivity contribution in [3.8, 4) is 5.75 Å². The molecule has 0 saturated carbocycles. The zero-order chi connectivity index (χ0) is 13.0. The molecule has 0 aliphatic carbocycles. The van der Waals surface area contributed by atoms with Gasteiger partial charge in [0.15, 0.2) is 0 Å². The van der Waals surface area contributed by atoms with Crippen LogP contribution in [-0.2, 0) is 4.74 Å². The van der Waals surface area contributed by atoms with Crippen LogP contribution in [0.3, 0.4) is 0 Å². The first-order valence-electron chi connectivity index (χ1n) is 6.29. The van der Waals surface area contributed by atoms with Crippen LogP contribution < -0.4 is 10.1 Å². The molecule has 1 aliphatic heterocycles. The van der Waals surface area contributed by atoms with E-state index >= 15 is 0 Å². The van der Waals surface area contributed by atoms with E-state index in [9.17, 15) is 4.79 Å². The van der Waals surface area contributed by atoms with Crippen LogP contribution in [0.4, 0.5) is 0 Å². The molecular weight excluding hydrogens is 230 g/mol. The number of nitrogens with one attached hydrogen (secondary N) is 1. The van der Waals surface area contributed by atoms with Gasteiger partial charge in [0.1, 0.15) is 11.9 Å². The molecule has 0 bridgehead atoms. The van der Waals surface area contributed by atoms with Crippen molar-refractivity contribution in [3.05, 3.63) is 29.8 Å². The van der Waals surface area contributed by atoms with Crippen molar-refractivity contribution in [2.45, 2.75) is 31.9 Å². The van der Waals surface area contributed by atoms with Gasteiger partial charge in [0, 0.05) is 6.04 Å². The van der Waals surface area contributed by atoms with Crippen molar-refractivity contribution in [1.82, 2.24) is 5.32 Å². The van der Waals surface area contributed by atoms with E-state index in [1.54, 1.807) is 24.3 Å². The molecule has 0 radical (unpaired) electrons. The molecule has 1 N–H and O–H groups in total. The fraction of sp³-hybridized carbons (Fsp3) is 0.500. The van der Waals surface area contributed by atoms with E-state index in [2.05, 4.69) is 17.0 Å². The summed E-state index contributed by atoms with van der Waals surface area (Å²) < 4.78 is 10.5. The van der Waals surface area contributed by atoms with Crippen molar-refractivity contribution >= 4 is 5.97 Å². The Morgan fingerprint density at radius 1 is 1.39 bits per heavy atom. The van der Waals surface area contributed by atoms with E-state index in [0.29, 0.717) is 11.6 Å². The van der Waals surface area contributed by atoms with Crippen LogP contribution >= 0.6 is 0 Å². The van der Waals surface area contributed by atoms with Gasteiger partial charge in [-0.15, -0.1) is 0 Å². The minimum atomic E-state index is -0.327. The van der Waals surface area contributed by atoms with Crippen LogP contribution in [0.5, 0.6) is 5.75 Å². The summed E-state index contributed by atoms with van der Waals surface area (Å²) in [6.07, 6.45) is 2.50. The first kappa shape index (κ1) is 12.9. The fourth-order valence-electron chi connectivity index (χ4n) is 2.20. The molecule has 1 saturated heterocycles. The summed E-state index contributed by atoms with van der Waals surface area (Å²) in [7, 11) is 1.38. The number of ether oxygens (including phenoxy) is 2. The topological polar surface area (TPSA) is 47.6 Å². The number of esters is 1. The molecular formula is C14H19NO3. The Morgan fingerprint density at radius 3 is 2.67 bits per heavy atom. The third kappa shape index (κ3) is 3.01. The Morgan fingerprint density at radius 2 is 2.11 bits per heavy atom. The molecule has 1 aliphatic rings. The molecule has 2 atom stereocenters. The quantitative estimate of drug-likeness (QED) is 0.829. The minimum absolute atomic E-state index is 0.136. The highest BCUT2D eigenvalue weighted by Gasteiger charge is 2.22. The number of benzene rings is 1. The lowest BCUT2D eigenvalue weighted by atomic mass is 10.1. The maximum Gasteiger partial charge on any atom is 0.337 e. The predicted octanol–water partition coefficient (Wildman–Crippen LogP) is 1.99. The second kappa shape index (κ2) is 5.87. The summed E-state index contributed by atoms with van der Waals surface area (Å²) in [6, 6.07) is 7.46. The molecule has 98 valence electrons. The first-order chi connectivity index (χ1) is 8.70. The number of rotatable bonds is 4. The monoisotopic (exact) mass is 249 g/mol. The van der Waals surface area contributed by atoms with Crippen molar-refractivity contribution < 1.29 is 14.3 Å². The minimum Gasteiger partial charge on any atom is -0.489 e. The second-order valence-corrected chi connectivity index (χ2v) is 4.54. The van der Waals surface area contributed by atoms with Crippen LogP contribution in [0.1, 0.15) is 30.1 Å². The summed E-state index contributed by atoms with van der Waals surface area (Å²) in [5.74, 6) is 0.455. The number of carbonyl (C=O) groups is 1. The highest BCUT2D eigenvalue weighted by molar-refractivity contribution is 5.89. The van der Waals surface area contributed by atoms with Gasteiger partial charge in [-0.1, -0.05) is 0 Å². The summed E-state index contributed by atoms with van der Waals surface area (Å²) in [5, 5.41) is 3.42. The third-order valence-electron chi connectivity index (χ3n) is 3.26. The molecule has 1 fully saturated rings. The Kier molecular flexibility index (Phi) is 4.20. The van der Waals surface area contributed by atoms with Crippen LogP contribution in [0, 0.1) is 0 Å². The van der Waals surface area contributed by atoms with Gasteiger partial charge in [0.05, 0.1) is 12.7 Å². The Balaban J connectivity index is 1.95. The molecule has 2 unspecified atom stereocenters. The lowest BCUT2D eigenvalue weighted by Gasteiger charge is -2.21. The molecule has 2 rings (SSSR count). The van der Waals surface area contributed by atoms with Crippen LogP contribution in [0.25, 0.3) is 0 Å². The number of hydrogen-bond acceptors (Lipinski definition) is 4. The zero-order valence-corrected chi connectivity index (χ0v) is 10.8. The van der Waals surface area contributed by atoms with Gasteiger partial charge in [-0.3, -0.25) is 0 Å². The smallest absolute Gasteiger partial charge is 0.337 e. The SMILES string of the molecule is COC(=O)c1ccc(OC(C)C2CCCN2)cc1. The largest absolute Gasteiger partial charge is 0.489 e. The molecule has 18 heavy (non-hydrogen) atoms. The Labute approximate surface area is 107 Å². The summed E-state index contributed by atoms with van der Waals surface area (Å²) in [5.41, 5.74) is 0.538. The van der Waals surface area contributed by atoms with Crippen molar-refractivity contribution in [2.24, 2.45) is 0 Å². The number of methoxy groups -OCH3 is 1. The summed E-state index contributed by atoms with van der Waals surface area (Å²) >= 11 is 0. The van der Waals surface area contributed by atoms with Crippen molar-refractivity contribution in [2.75, 3.05) is 13.7 Å². The van der Waals surface area contributed by atoms with Gasteiger partial charge >= 0.3 is 5.97 Å². The molecule has 1 heterocycles. The number of hydrogen-bond donors (Lipinski definition) is 1. The van der Waals surface area contributed by atoms with E-state index in [-0.39, 0.29) is 12.1 Å². The van der Waals surface area contributed by atoms with E-state index < -0.39 is 0 Å². The average molecular weight is 249 g/mol. The Hall–Kier alpha value is -1.55. The van der Waals surface area contributed by atoms with Gasteiger partial charge in [-0.05, 0) is 50.6 Å². The van der Waals surface area contributed by atoms with Crippen molar-refractivity contribution in [1.29, 1.82) is 0 Å². The predicted molar refractivity (Wildman–Crippen MR) is 68.9 cm³/mol. The lowest BCUT2D eigenvalue weighted by molar-refractivity contribution is 0.0600. The van der Waals surface area contributed by atoms with Crippen LogP contribution in [0.2, 0.25) is 0 Å². The van der Waals surface area contributed by atoms with Gasteiger partial charge in [-0.2, -0.15) is 0 Å². The molecule has 0 amide bonds. The molecule has 1 aromatic carbocycles. The molecule has 1 aromatic rings. The molecule has 0 spiro atoms. The maximum absolute atomic E-state index is 11.3.